The summed E-state index contributed by atoms with van der Waals surface area (Å²) in [6, 6.07) is 7.43. The number of carbonyl (C=O) groups is 2. The predicted molar refractivity (Wildman–Crippen MR) is 89.9 cm³/mol. The third-order valence-corrected chi connectivity index (χ3v) is 4.43. The molecule has 8 heteroatoms. The maximum atomic E-state index is 12.8. The molecule has 0 saturated carbocycles. The van der Waals surface area contributed by atoms with Gasteiger partial charge in [-0.1, -0.05) is 6.07 Å². The molecule has 1 aliphatic heterocycles. The van der Waals surface area contributed by atoms with E-state index in [1.807, 2.05) is 24.4 Å². The maximum absolute atomic E-state index is 12.8. The van der Waals surface area contributed by atoms with Gasteiger partial charge in [-0.05, 0) is 18.2 Å². The topological polar surface area (TPSA) is 75.7 Å². The van der Waals surface area contributed by atoms with Crippen LogP contribution in [-0.2, 0) is 11.3 Å². The van der Waals surface area contributed by atoms with E-state index in [1.165, 1.54) is 0 Å². The lowest BCUT2D eigenvalue weighted by Gasteiger charge is -2.34. The molecule has 4 heterocycles. The van der Waals surface area contributed by atoms with Gasteiger partial charge in [0, 0.05) is 44.8 Å². The number of piperazine rings is 1. The number of rotatable bonds is 3. The molecule has 8 nitrogen and oxygen atoms in total. The Kier molecular flexibility index (Phi) is 3.93. The number of nitrogens with zero attached hydrogens (tertiary/aromatic N) is 6. The molecule has 0 aromatic carbocycles. The van der Waals surface area contributed by atoms with Crippen LogP contribution in [0.2, 0.25) is 0 Å². The molecule has 0 atom stereocenters. The third kappa shape index (κ3) is 2.98. The van der Waals surface area contributed by atoms with Crippen LogP contribution in [0.4, 0.5) is 0 Å². The molecule has 0 bridgehead atoms. The average molecular weight is 338 g/mol. The second-order valence-electron chi connectivity index (χ2n) is 5.97. The van der Waals surface area contributed by atoms with Gasteiger partial charge in [-0.2, -0.15) is 10.2 Å². The standard InChI is InChI=1S/C17H18N6O2/c24-16(13-22-6-3-5-18-22)20-8-10-21(11-9-20)17(25)14-12-19-23-7-2-1-4-15(14)23/h1-7,12H,8-11,13H2. The van der Waals surface area contributed by atoms with E-state index in [9.17, 15) is 9.59 Å². The summed E-state index contributed by atoms with van der Waals surface area (Å²) in [5.41, 5.74) is 1.39. The van der Waals surface area contributed by atoms with Crippen molar-refractivity contribution in [1.82, 2.24) is 29.2 Å². The van der Waals surface area contributed by atoms with Gasteiger partial charge in [0.25, 0.3) is 5.91 Å². The van der Waals surface area contributed by atoms with E-state index < -0.39 is 0 Å². The molecule has 25 heavy (non-hydrogen) atoms. The van der Waals surface area contributed by atoms with E-state index in [1.54, 1.807) is 43.7 Å². The van der Waals surface area contributed by atoms with Crippen molar-refractivity contribution in [2.45, 2.75) is 6.54 Å². The van der Waals surface area contributed by atoms with Gasteiger partial charge in [0.15, 0.2) is 0 Å². The zero-order valence-electron chi connectivity index (χ0n) is 13.7. The Morgan fingerprint density at radius 2 is 1.76 bits per heavy atom. The molecule has 128 valence electrons. The maximum Gasteiger partial charge on any atom is 0.257 e. The second-order valence-corrected chi connectivity index (χ2v) is 5.97. The first-order valence-electron chi connectivity index (χ1n) is 8.19. The molecule has 3 aromatic rings. The fourth-order valence-corrected chi connectivity index (χ4v) is 3.06. The van der Waals surface area contributed by atoms with Crippen LogP contribution in [0.3, 0.4) is 0 Å². The van der Waals surface area contributed by atoms with Crippen LogP contribution in [0.1, 0.15) is 10.4 Å². The summed E-state index contributed by atoms with van der Waals surface area (Å²) >= 11 is 0. The Morgan fingerprint density at radius 3 is 2.52 bits per heavy atom. The van der Waals surface area contributed by atoms with E-state index >= 15 is 0 Å². The lowest BCUT2D eigenvalue weighted by atomic mass is 10.2. The molecular weight excluding hydrogens is 320 g/mol. The Labute approximate surface area is 144 Å². The molecular formula is C17H18N6O2. The van der Waals surface area contributed by atoms with Crippen LogP contribution in [0.5, 0.6) is 0 Å². The van der Waals surface area contributed by atoms with Crippen molar-refractivity contribution in [1.29, 1.82) is 0 Å². The zero-order chi connectivity index (χ0) is 17.2. The first-order chi connectivity index (χ1) is 12.2. The number of hydrogen-bond acceptors (Lipinski definition) is 4. The lowest BCUT2D eigenvalue weighted by Crippen LogP contribution is -2.51. The molecule has 0 radical (unpaired) electrons. The number of pyridine rings is 1. The Hall–Kier alpha value is -3.16. The number of aromatic nitrogens is 4. The Balaban J connectivity index is 1.40. The van der Waals surface area contributed by atoms with Gasteiger partial charge < -0.3 is 9.80 Å². The first-order valence-corrected chi connectivity index (χ1v) is 8.19. The summed E-state index contributed by atoms with van der Waals surface area (Å²) < 4.78 is 3.30. The molecule has 0 unspecified atom stereocenters. The number of hydrogen-bond donors (Lipinski definition) is 0. The molecule has 0 aliphatic carbocycles. The highest BCUT2D eigenvalue weighted by atomic mass is 16.2. The SMILES string of the molecule is O=C(Cn1cccn1)N1CCN(C(=O)c2cnn3ccccc23)CC1. The lowest BCUT2D eigenvalue weighted by molar-refractivity contribution is -0.133. The fourth-order valence-electron chi connectivity index (χ4n) is 3.06. The highest BCUT2D eigenvalue weighted by molar-refractivity contribution is 6.00. The first kappa shape index (κ1) is 15.4. The van der Waals surface area contributed by atoms with Crippen molar-refractivity contribution in [3.05, 3.63) is 54.6 Å². The Morgan fingerprint density at radius 1 is 0.960 bits per heavy atom. The van der Waals surface area contributed by atoms with Crippen molar-refractivity contribution >= 4 is 17.3 Å². The van der Waals surface area contributed by atoms with Crippen LogP contribution < -0.4 is 0 Å². The summed E-state index contributed by atoms with van der Waals surface area (Å²) in [4.78, 5) is 28.6. The molecule has 1 saturated heterocycles. The van der Waals surface area contributed by atoms with Gasteiger partial charge in [-0.25, -0.2) is 4.52 Å². The fraction of sp³-hybridized carbons (Fsp3) is 0.294. The summed E-state index contributed by atoms with van der Waals surface area (Å²) in [5.74, 6) is -0.0212. The van der Waals surface area contributed by atoms with E-state index in [4.69, 9.17) is 0 Å². The van der Waals surface area contributed by atoms with Crippen molar-refractivity contribution in [3.8, 4) is 0 Å². The van der Waals surface area contributed by atoms with Crippen molar-refractivity contribution in [2.24, 2.45) is 0 Å². The van der Waals surface area contributed by atoms with Gasteiger partial charge in [0.05, 0.1) is 17.3 Å². The molecule has 2 amide bonds. The molecule has 4 rings (SSSR count). The quantitative estimate of drug-likeness (QED) is 0.697. The van der Waals surface area contributed by atoms with E-state index in [2.05, 4.69) is 10.2 Å². The summed E-state index contributed by atoms with van der Waals surface area (Å²) in [6.45, 7) is 2.34. The Bertz CT molecular complexity index is 893. The average Bonchev–Trinajstić information content (AvgIpc) is 3.31. The molecule has 0 N–H and O–H groups in total. The minimum absolute atomic E-state index is 0.0202. The van der Waals surface area contributed by atoms with Crippen LogP contribution in [0.25, 0.3) is 5.52 Å². The normalized spacial score (nSPS) is 14.9. The summed E-state index contributed by atoms with van der Waals surface area (Å²) in [6.07, 6.45) is 6.84. The van der Waals surface area contributed by atoms with Gasteiger partial charge in [0.1, 0.15) is 6.54 Å². The molecule has 1 fully saturated rings. The van der Waals surface area contributed by atoms with Gasteiger partial charge in [-0.15, -0.1) is 0 Å². The van der Waals surface area contributed by atoms with Crippen molar-refractivity contribution in [2.75, 3.05) is 26.2 Å². The van der Waals surface area contributed by atoms with E-state index in [-0.39, 0.29) is 18.4 Å². The monoisotopic (exact) mass is 338 g/mol. The number of amides is 2. The van der Waals surface area contributed by atoms with Crippen LogP contribution in [0, 0.1) is 0 Å². The van der Waals surface area contributed by atoms with Gasteiger partial charge in [0.2, 0.25) is 5.91 Å². The van der Waals surface area contributed by atoms with Crippen LogP contribution in [-0.4, -0.2) is 67.2 Å². The van der Waals surface area contributed by atoms with Gasteiger partial charge in [-0.3, -0.25) is 14.3 Å². The minimum atomic E-state index is -0.0413. The highest BCUT2D eigenvalue weighted by Gasteiger charge is 2.26. The zero-order valence-corrected chi connectivity index (χ0v) is 13.7. The third-order valence-electron chi connectivity index (χ3n) is 4.43. The van der Waals surface area contributed by atoms with Crippen LogP contribution >= 0.6 is 0 Å². The van der Waals surface area contributed by atoms with E-state index in [0.29, 0.717) is 31.7 Å². The number of carbonyl (C=O) groups excluding carboxylic acids is 2. The largest absolute Gasteiger partial charge is 0.338 e. The molecule has 1 aliphatic rings. The number of fused-ring (bicyclic) bond motifs is 1. The van der Waals surface area contributed by atoms with Gasteiger partial charge >= 0.3 is 0 Å². The molecule has 0 spiro atoms. The van der Waals surface area contributed by atoms with Crippen molar-refractivity contribution < 1.29 is 9.59 Å². The van der Waals surface area contributed by atoms with Crippen LogP contribution in [0.15, 0.2) is 49.1 Å². The molecule has 3 aromatic heterocycles. The second kappa shape index (κ2) is 6.39. The summed E-state index contributed by atoms with van der Waals surface area (Å²) in [7, 11) is 0. The van der Waals surface area contributed by atoms with Crippen molar-refractivity contribution in [3.63, 3.8) is 0 Å². The summed E-state index contributed by atoms with van der Waals surface area (Å²) in [5, 5.41) is 8.27. The smallest absolute Gasteiger partial charge is 0.257 e. The minimum Gasteiger partial charge on any atom is -0.338 e. The predicted octanol–water partition coefficient (Wildman–Crippen LogP) is 0.515. The highest BCUT2D eigenvalue weighted by Crippen LogP contribution is 2.14. The van der Waals surface area contributed by atoms with E-state index in [0.717, 1.165) is 5.52 Å².